The number of amidine groups is 1. The van der Waals surface area contributed by atoms with Crippen molar-refractivity contribution in [1.29, 1.82) is 0 Å². The zero-order chi connectivity index (χ0) is 21.1. The van der Waals surface area contributed by atoms with Crippen molar-refractivity contribution in [1.82, 2.24) is 15.6 Å². The van der Waals surface area contributed by atoms with E-state index < -0.39 is 0 Å². The van der Waals surface area contributed by atoms with Gasteiger partial charge in [-0.1, -0.05) is 63.8 Å². The normalized spacial score (nSPS) is 11.5. The lowest BCUT2D eigenvalue weighted by Crippen LogP contribution is -2.32. The average Bonchev–Trinajstić information content (AvgIpc) is 3.11. The number of benzene rings is 1. The molecule has 4 nitrogen and oxygen atoms in total. The van der Waals surface area contributed by atoms with E-state index in [-0.39, 0.29) is 0 Å². The van der Waals surface area contributed by atoms with E-state index in [0.29, 0.717) is 0 Å². The molecule has 0 saturated carbocycles. The number of nitrogens with zero attached hydrogens (tertiary/aromatic N) is 2. The van der Waals surface area contributed by atoms with E-state index in [1.165, 1.54) is 36.0 Å². The number of nitrogens with one attached hydrogen (secondary N) is 2. The molecule has 1 aromatic carbocycles. The van der Waals surface area contributed by atoms with E-state index in [4.69, 9.17) is 9.98 Å². The number of fused-ring (bicyclic) bond motifs is 1. The Bertz CT molecular complexity index is 810. The standard InChI is InChI=1S/C24H36N4S/c1-6-8-12-16-25-19(5)27-23(26-17-13-9-7-2)22(18(3)4)24-28-20-14-10-11-15-21(20)29-24/h10-11,14-15,25H,5-9,12-13,16-17H2,1-4H3,(H,26,27). The summed E-state index contributed by atoms with van der Waals surface area (Å²) >= 11 is 1.72. The summed E-state index contributed by atoms with van der Waals surface area (Å²) < 4.78 is 1.20. The number of thiazole rings is 1. The first-order valence-electron chi connectivity index (χ1n) is 10.8. The summed E-state index contributed by atoms with van der Waals surface area (Å²) in [6.07, 6.45) is 7.06. The Hall–Kier alpha value is -2.14. The lowest BCUT2D eigenvalue weighted by atomic mass is 10.1. The number of allylic oxidation sites excluding steroid dienone is 1. The molecule has 0 aliphatic rings. The summed E-state index contributed by atoms with van der Waals surface area (Å²) in [4.78, 5) is 9.81. The average molecular weight is 413 g/mol. The van der Waals surface area contributed by atoms with E-state index in [2.05, 4.69) is 63.1 Å². The van der Waals surface area contributed by atoms with Crippen LogP contribution in [-0.4, -0.2) is 23.9 Å². The molecule has 1 heterocycles. The number of hydrogen-bond donors (Lipinski definition) is 2. The highest BCUT2D eigenvalue weighted by Crippen LogP contribution is 2.29. The highest BCUT2D eigenvalue weighted by Gasteiger charge is 2.17. The molecule has 0 saturated heterocycles. The van der Waals surface area contributed by atoms with Gasteiger partial charge in [-0.3, -0.25) is 4.99 Å². The number of rotatable bonds is 12. The predicted molar refractivity (Wildman–Crippen MR) is 130 cm³/mol. The minimum atomic E-state index is 0.801. The van der Waals surface area contributed by atoms with E-state index in [0.717, 1.165) is 53.7 Å². The smallest absolute Gasteiger partial charge is 0.136 e. The van der Waals surface area contributed by atoms with Crippen LogP contribution in [0.5, 0.6) is 0 Å². The molecule has 0 aliphatic heterocycles. The fourth-order valence-corrected chi connectivity index (χ4v) is 4.19. The second-order valence-electron chi connectivity index (χ2n) is 7.54. The van der Waals surface area contributed by atoms with Crippen LogP contribution >= 0.6 is 11.3 Å². The van der Waals surface area contributed by atoms with Gasteiger partial charge in [0.2, 0.25) is 0 Å². The number of aromatic nitrogens is 1. The molecule has 0 radical (unpaired) electrons. The van der Waals surface area contributed by atoms with Gasteiger partial charge in [0.1, 0.15) is 10.8 Å². The maximum Gasteiger partial charge on any atom is 0.136 e. The summed E-state index contributed by atoms with van der Waals surface area (Å²) in [5.74, 6) is 1.67. The molecule has 0 spiro atoms. The number of unbranched alkanes of at least 4 members (excludes halogenated alkanes) is 4. The number of para-hydroxylation sites is 1. The van der Waals surface area contributed by atoms with Gasteiger partial charge in [-0.05, 0) is 38.8 Å². The maximum atomic E-state index is 4.93. The Balaban J connectivity index is 2.25. The summed E-state index contributed by atoms with van der Waals surface area (Å²) in [5, 5.41) is 7.85. The van der Waals surface area contributed by atoms with Crippen LogP contribution < -0.4 is 10.6 Å². The largest absolute Gasteiger partial charge is 0.372 e. The van der Waals surface area contributed by atoms with Gasteiger partial charge in [0.15, 0.2) is 0 Å². The molecule has 0 unspecified atom stereocenters. The van der Waals surface area contributed by atoms with E-state index in [1.54, 1.807) is 11.3 Å². The molecule has 5 heteroatoms. The van der Waals surface area contributed by atoms with Gasteiger partial charge in [0.05, 0.1) is 21.6 Å². The third-order valence-corrected chi connectivity index (χ3v) is 5.72. The van der Waals surface area contributed by atoms with Crippen LogP contribution in [-0.2, 0) is 0 Å². The molecule has 2 rings (SSSR count). The van der Waals surface area contributed by atoms with Crippen molar-refractivity contribution in [3.63, 3.8) is 0 Å². The minimum Gasteiger partial charge on any atom is -0.372 e. The van der Waals surface area contributed by atoms with Crippen molar-refractivity contribution in [2.75, 3.05) is 13.1 Å². The number of aliphatic imine (C=N–C) groups is 1. The van der Waals surface area contributed by atoms with Crippen molar-refractivity contribution in [2.45, 2.75) is 66.2 Å². The van der Waals surface area contributed by atoms with Crippen LogP contribution in [0.1, 0.15) is 71.2 Å². The molecule has 0 bridgehead atoms. The zero-order valence-corrected chi connectivity index (χ0v) is 19.3. The van der Waals surface area contributed by atoms with Crippen LogP contribution in [0.3, 0.4) is 0 Å². The van der Waals surface area contributed by atoms with E-state index >= 15 is 0 Å². The van der Waals surface area contributed by atoms with Crippen LogP contribution in [0.25, 0.3) is 15.8 Å². The van der Waals surface area contributed by atoms with Gasteiger partial charge in [-0.15, -0.1) is 11.3 Å². The second-order valence-corrected chi connectivity index (χ2v) is 8.57. The summed E-state index contributed by atoms with van der Waals surface area (Å²) in [7, 11) is 0. The zero-order valence-electron chi connectivity index (χ0n) is 18.5. The first kappa shape index (κ1) is 23.1. The molecule has 0 aliphatic carbocycles. The third-order valence-electron chi connectivity index (χ3n) is 4.66. The quantitative estimate of drug-likeness (QED) is 0.237. The predicted octanol–water partition coefficient (Wildman–Crippen LogP) is 6.52. The Labute approximate surface area is 180 Å². The summed E-state index contributed by atoms with van der Waals surface area (Å²) in [6, 6.07) is 8.29. The van der Waals surface area contributed by atoms with Crippen LogP contribution in [0, 0.1) is 0 Å². The van der Waals surface area contributed by atoms with E-state index in [1.807, 2.05) is 6.07 Å². The topological polar surface area (TPSA) is 49.3 Å². The molecule has 0 amide bonds. The van der Waals surface area contributed by atoms with Crippen LogP contribution in [0.15, 0.2) is 47.2 Å². The van der Waals surface area contributed by atoms with Crippen molar-refractivity contribution in [3.05, 3.63) is 47.2 Å². The molecule has 1 aromatic heterocycles. The van der Waals surface area contributed by atoms with Crippen molar-refractivity contribution in [2.24, 2.45) is 4.99 Å². The Morgan fingerprint density at radius 3 is 2.48 bits per heavy atom. The van der Waals surface area contributed by atoms with Gasteiger partial charge in [0.25, 0.3) is 0 Å². The third kappa shape index (κ3) is 7.32. The van der Waals surface area contributed by atoms with Crippen molar-refractivity contribution >= 4 is 33.0 Å². The van der Waals surface area contributed by atoms with E-state index in [9.17, 15) is 0 Å². The van der Waals surface area contributed by atoms with Gasteiger partial charge >= 0.3 is 0 Å². The second kappa shape index (κ2) is 12.4. The summed E-state index contributed by atoms with van der Waals surface area (Å²) in [5.41, 5.74) is 3.32. The maximum absolute atomic E-state index is 4.93. The van der Waals surface area contributed by atoms with Gasteiger partial charge < -0.3 is 10.6 Å². The number of hydrogen-bond acceptors (Lipinski definition) is 4. The molecular weight excluding hydrogens is 376 g/mol. The minimum absolute atomic E-state index is 0.801. The Morgan fingerprint density at radius 2 is 1.79 bits per heavy atom. The van der Waals surface area contributed by atoms with Crippen molar-refractivity contribution < 1.29 is 0 Å². The Kier molecular flexibility index (Phi) is 9.92. The van der Waals surface area contributed by atoms with Gasteiger partial charge in [0, 0.05) is 13.1 Å². The molecular formula is C24H36N4S. The molecule has 2 N–H and O–H groups in total. The molecule has 29 heavy (non-hydrogen) atoms. The first-order chi connectivity index (χ1) is 14.1. The monoisotopic (exact) mass is 412 g/mol. The molecule has 2 aromatic rings. The SMILES string of the molecule is C=C(NCCCCC)NC(=NCCCCC)C(=C(C)C)c1nc2ccccc2s1. The molecule has 0 atom stereocenters. The molecule has 0 fully saturated rings. The van der Waals surface area contributed by atoms with Crippen LogP contribution in [0.2, 0.25) is 0 Å². The fourth-order valence-electron chi connectivity index (χ4n) is 3.07. The van der Waals surface area contributed by atoms with Crippen LogP contribution in [0.4, 0.5) is 0 Å². The van der Waals surface area contributed by atoms with Gasteiger partial charge in [-0.25, -0.2) is 4.98 Å². The fraction of sp³-hybridized carbons (Fsp3) is 0.500. The summed E-state index contributed by atoms with van der Waals surface area (Å²) in [6.45, 7) is 14.6. The van der Waals surface area contributed by atoms with Crippen molar-refractivity contribution in [3.8, 4) is 0 Å². The lowest BCUT2D eigenvalue weighted by molar-refractivity contribution is 0.656. The lowest BCUT2D eigenvalue weighted by Gasteiger charge is -2.17. The highest BCUT2D eigenvalue weighted by atomic mass is 32.1. The Morgan fingerprint density at radius 1 is 1.07 bits per heavy atom. The molecule has 158 valence electrons. The first-order valence-corrected chi connectivity index (χ1v) is 11.7. The van der Waals surface area contributed by atoms with Gasteiger partial charge in [-0.2, -0.15) is 0 Å². The highest BCUT2D eigenvalue weighted by molar-refractivity contribution is 7.19.